The van der Waals surface area contributed by atoms with Crippen LogP contribution in [0.2, 0.25) is 0 Å². The number of carbonyl (C=O) groups is 1. The number of fused-ring (bicyclic) bond motifs is 3. The van der Waals surface area contributed by atoms with E-state index in [4.69, 9.17) is 0 Å². The number of aryl methyl sites for hydroxylation is 2. The highest BCUT2D eigenvalue weighted by Gasteiger charge is 2.26. The summed E-state index contributed by atoms with van der Waals surface area (Å²) in [6.45, 7) is 2.12. The van der Waals surface area contributed by atoms with Crippen molar-refractivity contribution in [2.24, 2.45) is 0 Å². The smallest absolute Gasteiger partial charge is 0.252 e. The summed E-state index contributed by atoms with van der Waals surface area (Å²) in [6.07, 6.45) is 3.16. The van der Waals surface area contributed by atoms with E-state index in [0.29, 0.717) is 0 Å². The summed E-state index contributed by atoms with van der Waals surface area (Å²) in [5.74, 6) is 0.00712. The van der Waals surface area contributed by atoms with Crippen LogP contribution in [0.15, 0.2) is 42.5 Å². The fraction of sp³-hybridized carbons (Fsp3) is 0.250. The predicted octanol–water partition coefficient (Wildman–Crippen LogP) is 4.89. The van der Waals surface area contributed by atoms with Crippen LogP contribution < -0.4 is 5.32 Å². The van der Waals surface area contributed by atoms with Gasteiger partial charge in [0.15, 0.2) is 0 Å². The average Bonchev–Trinajstić information content (AvgIpc) is 2.94. The second-order valence-electron chi connectivity index (χ2n) is 6.46. The molecule has 24 heavy (non-hydrogen) atoms. The average molecular weight is 430 g/mol. The highest BCUT2D eigenvalue weighted by molar-refractivity contribution is 14.1. The lowest BCUT2D eigenvalue weighted by atomic mass is 9.91. The van der Waals surface area contributed by atoms with Gasteiger partial charge in [-0.25, -0.2) is 0 Å². The van der Waals surface area contributed by atoms with Gasteiger partial charge < -0.3 is 10.3 Å². The van der Waals surface area contributed by atoms with Crippen LogP contribution in [-0.2, 0) is 6.42 Å². The number of benzene rings is 2. The maximum atomic E-state index is 12.7. The fourth-order valence-corrected chi connectivity index (χ4v) is 4.23. The van der Waals surface area contributed by atoms with Gasteiger partial charge in [0.2, 0.25) is 0 Å². The summed E-state index contributed by atoms with van der Waals surface area (Å²) >= 11 is 2.22. The Morgan fingerprint density at radius 2 is 2.08 bits per heavy atom. The molecular formula is C20H19IN2O. The van der Waals surface area contributed by atoms with E-state index >= 15 is 0 Å². The van der Waals surface area contributed by atoms with Crippen LogP contribution in [0.5, 0.6) is 0 Å². The van der Waals surface area contributed by atoms with E-state index in [-0.39, 0.29) is 11.9 Å². The standard InChI is InChI=1S/C20H19IN2O/c1-12-9-10-17-15(11-12)13-6-4-8-18(19(13)22-17)23-20(24)14-5-2-3-7-16(14)21/h2-3,5,7,9-11,18,22H,4,6,8H2,1H3,(H,23,24). The molecule has 1 aliphatic rings. The van der Waals surface area contributed by atoms with Crippen LogP contribution in [0, 0.1) is 10.5 Å². The first-order valence-corrected chi connectivity index (χ1v) is 9.38. The number of hydrogen-bond donors (Lipinski definition) is 2. The Balaban J connectivity index is 1.68. The molecular weight excluding hydrogens is 411 g/mol. The number of aromatic nitrogens is 1. The molecule has 3 aromatic rings. The summed E-state index contributed by atoms with van der Waals surface area (Å²) in [4.78, 5) is 16.2. The molecule has 0 aliphatic heterocycles. The number of hydrogen-bond acceptors (Lipinski definition) is 1. The van der Waals surface area contributed by atoms with Crippen molar-refractivity contribution in [1.29, 1.82) is 0 Å². The van der Waals surface area contributed by atoms with Gasteiger partial charge in [-0.1, -0.05) is 23.8 Å². The second-order valence-corrected chi connectivity index (χ2v) is 7.63. The molecule has 3 nitrogen and oxygen atoms in total. The Hall–Kier alpha value is -1.82. The fourth-order valence-electron chi connectivity index (χ4n) is 3.60. The van der Waals surface area contributed by atoms with Crippen LogP contribution in [-0.4, -0.2) is 10.9 Å². The first kappa shape index (κ1) is 15.7. The molecule has 0 saturated heterocycles. The molecule has 1 unspecified atom stereocenters. The Bertz CT molecular complexity index is 929. The van der Waals surface area contributed by atoms with Gasteiger partial charge >= 0.3 is 0 Å². The van der Waals surface area contributed by atoms with Gasteiger partial charge in [0.1, 0.15) is 0 Å². The first-order valence-electron chi connectivity index (χ1n) is 8.30. The molecule has 4 heteroatoms. The summed E-state index contributed by atoms with van der Waals surface area (Å²) in [7, 11) is 0. The Morgan fingerprint density at radius 1 is 1.25 bits per heavy atom. The number of H-pyrrole nitrogens is 1. The van der Waals surface area contributed by atoms with Crippen molar-refractivity contribution in [3.05, 3.63) is 68.4 Å². The van der Waals surface area contributed by atoms with E-state index in [1.54, 1.807) is 0 Å². The van der Waals surface area contributed by atoms with Gasteiger partial charge in [0, 0.05) is 20.2 Å². The third-order valence-corrected chi connectivity index (χ3v) is 5.73. The summed E-state index contributed by atoms with van der Waals surface area (Å²) in [6, 6.07) is 14.3. The van der Waals surface area contributed by atoms with E-state index in [0.717, 1.165) is 28.4 Å². The molecule has 0 spiro atoms. The van der Waals surface area contributed by atoms with Gasteiger partial charge in [0.05, 0.1) is 11.6 Å². The molecule has 122 valence electrons. The molecule has 2 aromatic carbocycles. The van der Waals surface area contributed by atoms with Crippen molar-refractivity contribution in [1.82, 2.24) is 10.3 Å². The number of carbonyl (C=O) groups excluding carboxylic acids is 1. The van der Waals surface area contributed by atoms with Crippen LogP contribution in [0.3, 0.4) is 0 Å². The second kappa shape index (κ2) is 6.24. The molecule has 0 radical (unpaired) electrons. The molecule has 0 bridgehead atoms. The van der Waals surface area contributed by atoms with Crippen LogP contribution in [0.25, 0.3) is 10.9 Å². The van der Waals surface area contributed by atoms with E-state index in [1.165, 1.54) is 27.7 Å². The lowest BCUT2D eigenvalue weighted by molar-refractivity contribution is 0.0931. The molecule has 2 N–H and O–H groups in total. The lowest BCUT2D eigenvalue weighted by Crippen LogP contribution is -2.31. The molecule has 1 aromatic heterocycles. The monoisotopic (exact) mass is 430 g/mol. The van der Waals surface area contributed by atoms with Crippen molar-refractivity contribution in [3.63, 3.8) is 0 Å². The Morgan fingerprint density at radius 3 is 2.92 bits per heavy atom. The SMILES string of the molecule is Cc1ccc2[nH]c3c(c2c1)CCCC3NC(=O)c1ccccc1I. The molecule has 1 amide bonds. The van der Waals surface area contributed by atoms with Gasteiger partial charge in [-0.3, -0.25) is 4.79 Å². The van der Waals surface area contributed by atoms with Crippen molar-refractivity contribution >= 4 is 39.4 Å². The van der Waals surface area contributed by atoms with Gasteiger partial charge in [-0.2, -0.15) is 0 Å². The minimum atomic E-state index is 0.00712. The highest BCUT2D eigenvalue weighted by Crippen LogP contribution is 2.35. The van der Waals surface area contributed by atoms with Gasteiger partial charge in [-0.05, 0) is 78.6 Å². The normalized spacial score (nSPS) is 16.8. The van der Waals surface area contributed by atoms with E-state index in [1.807, 2.05) is 24.3 Å². The van der Waals surface area contributed by atoms with Crippen molar-refractivity contribution in [2.45, 2.75) is 32.2 Å². The quantitative estimate of drug-likeness (QED) is 0.559. The maximum absolute atomic E-state index is 12.7. The van der Waals surface area contributed by atoms with Crippen LogP contribution in [0.4, 0.5) is 0 Å². The number of amides is 1. The van der Waals surface area contributed by atoms with Crippen LogP contribution >= 0.6 is 22.6 Å². The topological polar surface area (TPSA) is 44.9 Å². The highest BCUT2D eigenvalue weighted by atomic mass is 127. The van der Waals surface area contributed by atoms with Gasteiger partial charge in [-0.15, -0.1) is 0 Å². The number of rotatable bonds is 2. The van der Waals surface area contributed by atoms with Crippen molar-refractivity contribution < 1.29 is 4.79 Å². The zero-order valence-electron chi connectivity index (χ0n) is 13.5. The molecule has 4 rings (SSSR count). The minimum Gasteiger partial charge on any atom is -0.356 e. The lowest BCUT2D eigenvalue weighted by Gasteiger charge is -2.24. The zero-order chi connectivity index (χ0) is 16.7. The Kier molecular flexibility index (Phi) is 4.08. The van der Waals surface area contributed by atoms with Crippen molar-refractivity contribution in [3.8, 4) is 0 Å². The molecule has 1 aliphatic carbocycles. The maximum Gasteiger partial charge on any atom is 0.252 e. The van der Waals surface area contributed by atoms with E-state index in [2.05, 4.69) is 58.0 Å². The summed E-state index contributed by atoms with van der Waals surface area (Å²) < 4.78 is 0.982. The minimum absolute atomic E-state index is 0.00712. The predicted molar refractivity (Wildman–Crippen MR) is 105 cm³/mol. The summed E-state index contributed by atoms with van der Waals surface area (Å²) in [5.41, 5.74) is 5.74. The first-order chi connectivity index (χ1) is 11.6. The summed E-state index contributed by atoms with van der Waals surface area (Å²) in [5, 5.41) is 4.54. The van der Waals surface area contributed by atoms with Crippen molar-refractivity contribution in [2.75, 3.05) is 0 Å². The largest absolute Gasteiger partial charge is 0.356 e. The number of halogens is 1. The van der Waals surface area contributed by atoms with Gasteiger partial charge in [0.25, 0.3) is 5.91 Å². The molecule has 0 saturated carbocycles. The molecule has 1 heterocycles. The van der Waals surface area contributed by atoms with Crippen LogP contribution in [0.1, 0.15) is 46.1 Å². The number of nitrogens with one attached hydrogen (secondary N) is 2. The third kappa shape index (κ3) is 2.73. The Labute approximate surface area is 155 Å². The van der Waals surface area contributed by atoms with E-state index in [9.17, 15) is 4.79 Å². The number of aromatic amines is 1. The molecule has 0 fully saturated rings. The third-order valence-electron chi connectivity index (χ3n) is 4.79. The molecule has 1 atom stereocenters. The zero-order valence-corrected chi connectivity index (χ0v) is 15.7. The van der Waals surface area contributed by atoms with E-state index < -0.39 is 0 Å².